The minimum atomic E-state index is -0.387. The van der Waals surface area contributed by atoms with Crippen LogP contribution in [0.5, 0.6) is 0 Å². The molecule has 34 heavy (non-hydrogen) atoms. The third kappa shape index (κ3) is 3.37. The van der Waals surface area contributed by atoms with Crippen molar-refractivity contribution >= 4 is 17.4 Å². The summed E-state index contributed by atoms with van der Waals surface area (Å²) in [6.07, 6.45) is 4.45. The zero-order valence-electron chi connectivity index (χ0n) is 18.6. The Labute approximate surface area is 197 Å². The Bertz CT molecular complexity index is 1270. The smallest absolute Gasteiger partial charge is 0.410 e. The van der Waals surface area contributed by atoms with E-state index in [4.69, 9.17) is 4.74 Å². The predicted octanol–water partition coefficient (Wildman–Crippen LogP) is 6.16. The molecule has 2 unspecified atom stereocenters. The number of nitro benzene ring substituents is 1. The molecule has 1 fully saturated rings. The van der Waals surface area contributed by atoms with E-state index in [1.807, 2.05) is 29.2 Å². The molecule has 1 aliphatic carbocycles. The first-order valence-electron chi connectivity index (χ1n) is 11.7. The topological polar surface area (TPSA) is 72.7 Å². The van der Waals surface area contributed by atoms with Crippen molar-refractivity contribution in [2.24, 2.45) is 0 Å². The van der Waals surface area contributed by atoms with E-state index < -0.39 is 0 Å². The van der Waals surface area contributed by atoms with Gasteiger partial charge in [-0.25, -0.2) is 4.79 Å². The van der Waals surface area contributed by atoms with Crippen LogP contribution in [0.1, 0.15) is 41.9 Å². The lowest BCUT2D eigenvalue weighted by atomic mass is 9.95. The number of carbonyl (C=O) groups excluding carboxylic acids is 1. The monoisotopic (exact) mass is 452 g/mol. The summed E-state index contributed by atoms with van der Waals surface area (Å²) in [6.45, 7) is 0.321. The van der Waals surface area contributed by atoms with E-state index in [-0.39, 0.29) is 34.7 Å². The predicted molar refractivity (Wildman–Crippen MR) is 129 cm³/mol. The molecule has 6 heteroatoms. The fraction of sp³-hybridized carbons (Fsp3) is 0.250. The van der Waals surface area contributed by atoms with Crippen molar-refractivity contribution in [3.8, 4) is 11.1 Å². The third-order valence-electron chi connectivity index (χ3n) is 7.39. The molecule has 2 bridgehead atoms. The average Bonchev–Trinajstić information content (AvgIpc) is 3.33. The highest BCUT2D eigenvalue weighted by Gasteiger charge is 2.41. The van der Waals surface area contributed by atoms with E-state index in [1.165, 1.54) is 34.4 Å². The Morgan fingerprint density at radius 2 is 1.59 bits per heavy atom. The number of hydrogen-bond donors (Lipinski definition) is 0. The minimum Gasteiger partial charge on any atom is -0.448 e. The van der Waals surface area contributed by atoms with Gasteiger partial charge in [0.2, 0.25) is 0 Å². The molecule has 0 aromatic heterocycles. The lowest BCUT2D eigenvalue weighted by Crippen LogP contribution is -2.43. The van der Waals surface area contributed by atoms with Gasteiger partial charge in [-0.3, -0.25) is 15.0 Å². The fourth-order valence-corrected chi connectivity index (χ4v) is 5.79. The molecule has 3 aromatic rings. The third-order valence-corrected chi connectivity index (χ3v) is 7.39. The number of benzene rings is 3. The van der Waals surface area contributed by atoms with E-state index in [0.29, 0.717) is 6.61 Å². The standard InChI is InChI=1S/C28H24N2O4/c31-28(34-17-27-25-7-3-1-5-23(25)24-6-2-4-8-26(24)27)29-21-13-14-22(29)16-19(15-21)18-9-11-20(12-10-18)30(32)33/h1-12,15,21-22,27H,13-14,16-17H2. The van der Waals surface area contributed by atoms with Crippen LogP contribution in [0.4, 0.5) is 10.5 Å². The summed E-state index contributed by atoms with van der Waals surface area (Å²) in [6, 6.07) is 23.4. The number of carbonyl (C=O) groups is 1. The molecule has 0 saturated carbocycles. The highest BCUT2D eigenvalue weighted by molar-refractivity contribution is 5.79. The summed E-state index contributed by atoms with van der Waals surface area (Å²) in [5.74, 6) is 0.0463. The molecule has 6 rings (SSSR count). The molecule has 170 valence electrons. The summed E-state index contributed by atoms with van der Waals surface area (Å²) < 4.78 is 5.93. The van der Waals surface area contributed by atoms with E-state index >= 15 is 0 Å². The molecule has 3 aromatic carbocycles. The van der Waals surface area contributed by atoms with Gasteiger partial charge in [0.25, 0.3) is 5.69 Å². The van der Waals surface area contributed by atoms with Crippen molar-refractivity contribution in [3.63, 3.8) is 0 Å². The highest BCUT2D eigenvalue weighted by atomic mass is 16.6. The Hall–Kier alpha value is -3.93. The van der Waals surface area contributed by atoms with Crippen molar-refractivity contribution in [2.45, 2.75) is 37.3 Å². The van der Waals surface area contributed by atoms with E-state index in [9.17, 15) is 14.9 Å². The van der Waals surface area contributed by atoms with Gasteiger partial charge in [-0.15, -0.1) is 0 Å². The van der Waals surface area contributed by atoms with Crippen LogP contribution in [0, 0.1) is 10.1 Å². The van der Waals surface area contributed by atoms with Crippen molar-refractivity contribution < 1.29 is 14.5 Å². The van der Waals surface area contributed by atoms with Crippen LogP contribution in [-0.4, -0.2) is 34.6 Å². The Morgan fingerprint density at radius 1 is 0.941 bits per heavy atom. The first kappa shape index (κ1) is 20.7. The SMILES string of the molecule is O=C(OCC1c2ccccc2-c2ccccc21)N1C2C=C(c3ccc([N+](=O)[O-])cc3)CC1CC2. The average molecular weight is 453 g/mol. The van der Waals surface area contributed by atoms with Gasteiger partial charge in [-0.05, 0) is 64.8 Å². The molecule has 0 spiro atoms. The molecule has 0 N–H and O–H groups in total. The van der Waals surface area contributed by atoms with Gasteiger partial charge in [0.15, 0.2) is 0 Å². The molecule has 2 heterocycles. The minimum absolute atomic E-state index is 0.000377. The number of fused-ring (bicyclic) bond motifs is 5. The van der Waals surface area contributed by atoms with Crippen LogP contribution < -0.4 is 0 Å². The first-order chi connectivity index (χ1) is 16.6. The van der Waals surface area contributed by atoms with Gasteiger partial charge >= 0.3 is 6.09 Å². The van der Waals surface area contributed by atoms with Crippen molar-refractivity contribution in [3.05, 3.63) is 106 Å². The zero-order valence-corrected chi connectivity index (χ0v) is 18.6. The second kappa shape index (κ2) is 8.13. The lowest BCUT2D eigenvalue weighted by molar-refractivity contribution is -0.384. The van der Waals surface area contributed by atoms with Crippen LogP contribution in [0.25, 0.3) is 16.7 Å². The van der Waals surface area contributed by atoms with E-state index in [0.717, 1.165) is 30.4 Å². The molecule has 3 aliphatic rings. The summed E-state index contributed by atoms with van der Waals surface area (Å²) in [5, 5.41) is 10.9. The van der Waals surface area contributed by atoms with Gasteiger partial charge in [0, 0.05) is 24.1 Å². The van der Waals surface area contributed by atoms with Crippen LogP contribution in [0.2, 0.25) is 0 Å². The maximum absolute atomic E-state index is 13.2. The number of nitrogens with zero attached hydrogens (tertiary/aromatic N) is 2. The number of nitro groups is 1. The Balaban J connectivity index is 1.18. The molecule has 1 saturated heterocycles. The Morgan fingerprint density at radius 3 is 2.21 bits per heavy atom. The summed E-state index contributed by atoms with van der Waals surface area (Å²) in [7, 11) is 0. The van der Waals surface area contributed by atoms with Gasteiger partial charge in [0.05, 0.1) is 11.0 Å². The summed E-state index contributed by atoms with van der Waals surface area (Å²) in [4.78, 5) is 25.7. The molecule has 0 radical (unpaired) electrons. The summed E-state index contributed by atoms with van der Waals surface area (Å²) in [5.41, 5.74) is 7.06. The molecular formula is C28H24N2O4. The van der Waals surface area contributed by atoms with Crippen LogP contribution in [0.3, 0.4) is 0 Å². The zero-order chi connectivity index (χ0) is 23.2. The maximum Gasteiger partial charge on any atom is 0.410 e. The second-order valence-electron chi connectivity index (χ2n) is 9.21. The summed E-state index contributed by atoms with van der Waals surface area (Å²) >= 11 is 0. The number of ether oxygens (including phenoxy) is 1. The van der Waals surface area contributed by atoms with Crippen molar-refractivity contribution in [1.82, 2.24) is 4.90 Å². The molecule has 2 aliphatic heterocycles. The van der Waals surface area contributed by atoms with Gasteiger partial charge in [-0.2, -0.15) is 0 Å². The van der Waals surface area contributed by atoms with Crippen LogP contribution in [0.15, 0.2) is 78.9 Å². The molecule has 2 atom stereocenters. The number of non-ortho nitro benzene ring substituents is 1. The number of amides is 1. The first-order valence-corrected chi connectivity index (χ1v) is 11.7. The normalized spacial score (nSPS) is 20.5. The van der Waals surface area contributed by atoms with Crippen LogP contribution >= 0.6 is 0 Å². The van der Waals surface area contributed by atoms with Crippen molar-refractivity contribution in [2.75, 3.05) is 6.61 Å². The highest BCUT2D eigenvalue weighted by Crippen LogP contribution is 2.45. The Kier molecular flexibility index (Phi) is 4.94. The van der Waals surface area contributed by atoms with Gasteiger partial charge in [0.1, 0.15) is 6.61 Å². The van der Waals surface area contributed by atoms with Crippen LogP contribution in [-0.2, 0) is 4.74 Å². The fourth-order valence-electron chi connectivity index (χ4n) is 5.79. The quantitative estimate of drug-likeness (QED) is 0.351. The van der Waals surface area contributed by atoms with E-state index in [1.54, 1.807) is 12.1 Å². The number of hydrogen-bond acceptors (Lipinski definition) is 4. The van der Waals surface area contributed by atoms with E-state index in [2.05, 4.69) is 30.3 Å². The molecule has 6 nitrogen and oxygen atoms in total. The number of rotatable bonds is 4. The molecular weight excluding hydrogens is 428 g/mol. The second-order valence-corrected chi connectivity index (χ2v) is 9.21. The van der Waals surface area contributed by atoms with Gasteiger partial charge < -0.3 is 4.74 Å². The maximum atomic E-state index is 13.2. The van der Waals surface area contributed by atoms with Gasteiger partial charge in [-0.1, -0.05) is 54.6 Å². The van der Waals surface area contributed by atoms with Crippen molar-refractivity contribution in [1.29, 1.82) is 0 Å². The molecule has 1 amide bonds. The lowest BCUT2D eigenvalue weighted by Gasteiger charge is -2.33. The largest absolute Gasteiger partial charge is 0.448 e.